The number of nitrogens with zero attached hydrogens (tertiary/aromatic N) is 2. The highest BCUT2D eigenvalue weighted by atomic mass is 35.5. The predicted molar refractivity (Wildman–Crippen MR) is 171 cm³/mol. The number of halogens is 1. The van der Waals surface area contributed by atoms with E-state index in [1.807, 2.05) is 66.7 Å². The summed E-state index contributed by atoms with van der Waals surface area (Å²) in [5.74, 6) is -1.27. The van der Waals surface area contributed by atoms with Gasteiger partial charge in [-0.2, -0.15) is 0 Å². The number of nitrogens with one attached hydrogen (secondary N) is 2. The van der Waals surface area contributed by atoms with E-state index < -0.39 is 41.0 Å². The standard InChI is InChI=1S/C33H51ClN4O5/c1-20(2)25(18-21(3)29(40)38-17-13-16-24(38)31(42)43-11)37(10)30(41)27(32(4,5)6)36-28(39)26(35-9)33(7,8)22-14-12-15-23(34)19-22/h12,14-15,18-20,24-27,35H,13,16-17H2,1-11H3,(H,36,39)/t24-,25+,26+,27+/m0/s1. The molecule has 1 aromatic rings. The van der Waals surface area contributed by atoms with Gasteiger partial charge < -0.3 is 25.2 Å². The summed E-state index contributed by atoms with van der Waals surface area (Å²) >= 11 is 6.25. The first kappa shape index (κ1) is 36.3. The number of carbonyl (C=O) groups is 4. The Bertz CT molecular complexity index is 1210. The first-order chi connectivity index (χ1) is 19.9. The average molecular weight is 619 g/mol. The number of likely N-dealkylation sites (N-methyl/N-ethyl adjacent to an activating group) is 2. The third-order valence-corrected chi connectivity index (χ3v) is 8.70. The molecule has 2 N–H and O–H groups in total. The molecule has 43 heavy (non-hydrogen) atoms. The van der Waals surface area contributed by atoms with Crippen molar-refractivity contribution in [2.45, 2.75) is 97.8 Å². The quantitative estimate of drug-likeness (QED) is 0.282. The lowest BCUT2D eigenvalue weighted by molar-refractivity contribution is -0.149. The van der Waals surface area contributed by atoms with Gasteiger partial charge in [0, 0.05) is 29.6 Å². The van der Waals surface area contributed by atoms with E-state index in [-0.39, 0.29) is 23.6 Å². The number of carbonyl (C=O) groups excluding carboxylic acids is 4. The minimum atomic E-state index is -0.844. The van der Waals surface area contributed by atoms with Gasteiger partial charge in [0.25, 0.3) is 0 Å². The van der Waals surface area contributed by atoms with Crippen molar-refractivity contribution in [1.29, 1.82) is 0 Å². The highest BCUT2D eigenvalue weighted by Gasteiger charge is 2.42. The minimum absolute atomic E-state index is 0.0326. The Hall–Kier alpha value is -2.91. The van der Waals surface area contributed by atoms with Crippen molar-refractivity contribution in [2.75, 3.05) is 27.7 Å². The van der Waals surface area contributed by atoms with Crippen LogP contribution < -0.4 is 10.6 Å². The molecule has 2 rings (SSSR count). The number of benzene rings is 1. The van der Waals surface area contributed by atoms with E-state index >= 15 is 0 Å². The molecule has 1 fully saturated rings. The van der Waals surface area contributed by atoms with Gasteiger partial charge in [0.2, 0.25) is 17.7 Å². The molecule has 240 valence electrons. The normalized spacial score (nSPS) is 18.2. The summed E-state index contributed by atoms with van der Waals surface area (Å²) < 4.78 is 4.90. The molecule has 10 heteroatoms. The van der Waals surface area contributed by atoms with E-state index in [1.54, 1.807) is 43.0 Å². The molecular weight excluding hydrogens is 568 g/mol. The second kappa shape index (κ2) is 14.7. The molecule has 1 heterocycles. The number of ether oxygens (including phenoxy) is 1. The second-order valence-electron chi connectivity index (χ2n) is 13.5. The van der Waals surface area contributed by atoms with Crippen LogP contribution in [0.4, 0.5) is 0 Å². The Morgan fingerprint density at radius 2 is 1.74 bits per heavy atom. The average Bonchev–Trinajstić information content (AvgIpc) is 3.42. The van der Waals surface area contributed by atoms with Crippen LogP contribution in [0.2, 0.25) is 5.02 Å². The van der Waals surface area contributed by atoms with Crippen LogP contribution in [0.15, 0.2) is 35.9 Å². The van der Waals surface area contributed by atoms with Crippen molar-refractivity contribution < 1.29 is 23.9 Å². The van der Waals surface area contributed by atoms with Crippen LogP contribution in [0, 0.1) is 11.3 Å². The number of hydrogen-bond donors (Lipinski definition) is 2. The smallest absolute Gasteiger partial charge is 0.328 e. The Morgan fingerprint density at radius 3 is 2.26 bits per heavy atom. The van der Waals surface area contributed by atoms with Crippen molar-refractivity contribution in [3.8, 4) is 0 Å². The molecule has 0 radical (unpaired) electrons. The number of esters is 1. The summed E-state index contributed by atoms with van der Waals surface area (Å²) in [5.41, 5.74) is 0.0880. The predicted octanol–water partition coefficient (Wildman–Crippen LogP) is 4.33. The summed E-state index contributed by atoms with van der Waals surface area (Å²) in [6.07, 6.45) is 3.07. The van der Waals surface area contributed by atoms with Crippen molar-refractivity contribution >= 4 is 35.3 Å². The summed E-state index contributed by atoms with van der Waals surface area (Å²) in [5, 5.41) is 6.77. The van der Waals surface area contributed by atoms with E-state index in [4.69, 9.17) is 16.3 Å². The first-order valence-electron chi connectivity index (χ1n) is 15.0. The second-order valence-corrected chi connectivity index (χ2v) is 13.9. The number of amides is 3. The van der Waals surface area contributed by atoms with E-state index in [9.17, 15) is 19.2 Å². The van der Waals surface area contributed by atoms with E-state index in [0.29, 0.717) is 23.6 Å². The fraction of sp³-hybridized carbons (Fsp3) is 0.636. The van der Waals surface area contributed by atoms with E-state index in [2.05, 4.69) is 10.6 Å². The van der Waals surface area contributed by atoms with Gasteiger partial charge in [-0.05, 0) is 55.8 Å². The fourth-order valence-electron chi connectivity index (χ4n) is 5.80. The van der Waals surface area contributed by atoms with Crippen LogP contribution >= 0.6 is 11.6 Å². The zero-order valence-electron chi connectivity index (χ0n) is 27.7. The maximum atomic E-state index is 14.1. The highest BCUT2D eigenvalue weighted by Crippen LogP contribution is 2.31. The van der Waals surface area contributed by atoms with Crippen LogP contribution in [-0.4, -0.2) is 85.4 Å². The van der Waals surface area contributed by atoms with Gasteiger partial charge in [0.1, 0.15) is 12.1 Å². The van der Waals surface area contributed by atoms with E-state index in [0.717, 1.165) is 12.0 Å². The molecule has 0 unspecified atom stereocenters. The molecule has 1 aliphatic heterocycles. The van der Waals surface area contributed by atoms with Gasteiger partial charge in [0.05, 0.1) is 19.2 Å². The molecule has 1 aromatic carbocycles. The van der Waals surface area contributed by atoms with Gasteiger partial charge in [-0.25, -0.2) is 4.79 Å². The van der Waals surface area contributed by atoms with Gasteiger partial charge in [-0.15, -0.1) is 0 Å². The molecule has 0 saturated carbocycles. The lowest BCUT2D eigenvalue weighted by atomic mass is 9.76. The van der Waals surface area contributed by atoms with Gasteiger partial charge >= 0.3 is 5.97 Å². The molecule has 9 nitrogen and oxygen atoms in total. The fourth-order valence-corrected chi connectivity index (χ4v) is 5.99. The monoisotopic (exact) mass is 618 g/mol. The van der Waals surface area contributed by atoms with Crippen molar-refractivity contribution in [3.05, 3.63) is 46.5 Å². The van der Waals surface area contributed by atoms with Crippen LogP contribution in [-0.2, 0) is 29.3 Å². The number of hydrogen-bond acceptors (Lipinski definition) is 6. The third-order valence-electron chi connectivity index (χ3n) is 8.46. The lowest BCUT2D eigenvalue weighted by Gasteiger charge is -2.40. The van der Waals surface area contributed by atoms with Crippen LogP contribution in [0.25, 0.3) is 0 Å². The molecule has 0 bridgehead atoms. The molecular formula is C33H51ClN4O5. The third kappa shape index (κ3) is 8.60. The molecule has 1 saturated heterocycles. The van der Waals surface area contributed by atoms with Crippen LogP contribution in [0.5, 0.6) is 0 Å². The molecule has 1 aliphatic rings. The Morgan fingerprint density at radius 1 is 1.12 bits per heavy atom. The SMILES string of the molecule is CN[C@H](C(=O)N[C@H](C(=O)N(C)[C@H](C=C(C)C(=O)N1CCC[C@H]1C(=O)OC)C(C)C)C(C)(C)C)C(C)(C)c1cccc(Cl)c1. The van der Waals surface area contributed by atoms with Gasteiger partial charge in [-0.3, -0.25) is 14.4 Å². The molecule has 0 spiro atoms. The lowest BCUT2D eigenvalue weighted by Crippen LogP contribution is -2.61. The molecule has 3 amide bonds. The topological polar surface area (TPSA) is 108 Å². The zero-order chi connectivity index (χ0) is 32.9. The van der Waals surface area contributed by atoms with Crippen molar-refractivity contribution in [3.63, 3.8) is 0 Å². The number of methoxy groups -OCH3 is 1. The number of likely N-dealkylation sites (tertiary alicyclic amines) is 1. The summed E-state index contributed by atoms with van der Waals surface area (Å²) in [7, 11) is 4.74. The van der Waals surface area contributed by atoms with Crippen molar-refractivity contribution in [1.82, 2.24) is 20.4 Å². The maximum absolute atomic E-state index is 14.1. The van der Waals surface area contributed by atoms with Crippen LogP contribution in [0.3, 0.4) is 0 Å². The van der Waals surface area contributed by atoms with Gasteiger partial charge in [0.15, 0.2) is 0 Å². The molecule has 0 aliphatic carbocycles. The van der Waals surface area contributed by atoms with Crippen LogP contribution in [0.1, 0.15) is 73.8 Å². The maximum Gasteiger partial charge on any atom is 0.328 e. The summed E-state index contributed by atoms with van der Waals surface area (Å²) in [4.78, 5) is 56.7. The Labute approximate surface area is 262 Å². The molecule has 0 aromatic heterocycles. The zero-order valence-corrected chi connectivity index (χ0v) is 28.5. The Balaban J connectivity index is 2.35. The largest absolute Gasteiger partial charge is 0.467 e. The van der Waals surface area contributed by atoms with E-state index in [1.165, 1.54) is 7.11 Å². The Kier molecular flexibility index (Phi) is 12.4. The minimum Gasteiger partial charge on any atom is -0.467 e. The first-order valence-corrected chi connectivity index (χ1v) is 15.3. The highest BCUT2D eigenvalue weighted by molar-refractivity contribution is 6.30. The van der Waals surface area contributed by atoms with Crippen molar-refractivity contribution in [2.24, 2.45) is 11.3 Å². The number of rotatable bonds is 11. The summed E-state index contributed by atoms with van der Waals surface area (Å²) in [6.45, 7) is 15.8. The molecule has 4 atom stereocenters. The van der Waals surface area contributed by atoms with Gasteiger partial charge in [-0.1, -0.05) is 78.3 Å². The summed E-state index contributed by atoms with van der Waals surface area (Å²) in [6, 6.07) is 4.89.